The Morgan fingerprint density at radius 2 is 2.04 bits per heavy atom. The van der Waals surface area contributed by atoms with E-state index in [4.69, 9.17) is 16.7 Å². The van der Waals surface area contributed by atoms with Crippen molar-refractivity contribution in [2.45, 2.75) is 50.0 Å². The molecule has 0 unspecified atom stereocenters. The van der Waals surface area contributed by atoms with Gasteiger partial charge < -0.3 is 10.4 Å². The van der Waals surface area contributed by atoms with Crippen molar-refractivity contribution < 1.29 is 14.7 Å². The average Bonchev–Trinajstić information content (AvgIpc) is 3.31. The molecule has 2 saturated carbocycles. The monoisotopic (exact) mass is 374 g/mol. The molecule has 1 heterocycles. The van der Waals surface area contributed by atoms with Crippen molar-refractivity contribution >= 4 is 23.5 Å². The molecule has 1 aromatic heterocycles. The first-order chi connectivity index (χ1) is 12.5. The minimum Gasteiger partial charge on any atom is -0.481 e. The molecule has 2 aliphatic carbocycles. The number of hydrogen-bond acceptors (Lipinski definition) is 4. The maximum atomic E-state index is 12.7. The van der Waals surface area contributed by atoms with Crippen LogP contribution in [-0.2, 0) is 4.79 Å². The molecule has 0 atom stereocenters. The van der Waals surface area contributed by atoms with Gasteiger partial charge in [0.1, 0.15) is 5.82 Å². The quantitative estimate of drug-likeness (QED) is 0.810. The number of aromatic nitrogens is 3. The summed E-state index contributed by atoms with van der Waals surface area (Å²) >= 11 is 6.29. The van der Waals surface area contributed by atoms with Gasteiger partial charge in [0.15, 0.2) is 0 Å². The zero-order valence-corrected chi connectivity index (χ0v) is 14.9. The van der Waals surface area contributed by atoms with E-state index in [1.807, 2.05) is 18.2 Å². The van der Waals surface area contributed by atoms with Gasteiger partial charge in [-0.1, -0.05) is 23.7 Å². The molecule has 0 saturated heterocycles. The van der Waals surface area contributed by atoms with E-state index in [9.17, 15) is 9.59 Å². The molecular formula is C18H19ClN4O3. The highest BCUT2D eigenvalue weighted by Crippen LogP contribution is 2.40. The smallest absolute Gasteiger partial charge is 0.305 e. The number of benzene rings is 1. The standard InChI is InChI=1S/C18H19ClN4O3/c19-12-4-1-2-5-13(12)23-16(11-6-7-11)20-15(22-23)17(26)21-18(8-3-9-18)10-14(24)25/h1-2,4-5,11H,3,6-10H2,(H,21,26)(H,24,25). The zero-order valence-electron chi connectivity index (χ0n) is 14.1. The Labute approximate surface area is 155 Å². The fourth-order valence-electron chi connectivity index (χ4n) is 3.36. The molecule has 4 rings (SSSR count). The molecule has 7 nitrogen and oxygen atoms in total. The highest BCUT2D eigenvalue weighted by molar-refractivity contribution is 6.32. The number of nitrogens with one attached hydrogen (secondary N) is 1. The molecule has 2 N–H and O–H groups in total. The van der Waals surface area contributed by atoms with Crippen LogP contribution in [0.5, 0.6) is 0 Å². The lowest BCUT2D eigenvalue weighted by atomic mass is 9.74. The Hall–Kier alpha value is -2.41. The average molecular weight is 375 g/mol. The highest BCUT2D eigenvalue weighted by Gasteiger charge is 2.41. The normalized spacial score (nSPS) is 18.2. The van der Waals surface area contributed by atoms with E-state index >= 15 is 0 Å². The number of carbonyl (C=O) groups excluding carboxylic acids is 1. The van der Waals surface area contributed by atoms with Crippen LogP contribution in [0.2, 0.25) is 5.02 Å². The number of carboxylic acid groups (broad SMARTS) is 1. The number of rotatable bonds is 6. The van der Waals surface area contributed by atoms with Crippen molar-refractivity contribution in [3.8, 4) is 5.69 Å². The van der Waals surface area contributed by atoms with Crippen LogP contribution in [0.25, 0.3) is 5.69 Å². The highest BCUT2D eigenvalue weighted by atomic mass is 35.5. The van der Waals surface area contributed by atoms with Crippen LogP contribution in [0.1, 0.15) is 60.9 Å². The van der Waals surface area contributed by atoms with Gasteiger partial charge in [0.25, 0.3) is 5.91 Å². The van der Waals surface area contributed by atoms with Crippen LogP contribution >= 0.6 is 11.6 Å². The minimum absolute atomic E-state index is 0.0588. The largest absolute Gasteiger partial charge is 0.481 e. The third-order valence-electron chi connectivity index (χ3n) is 5.04. The fraction of sp³-hybridized carbons (Fsp3) is 0.444. The fourth-order valence-corrected chi connectivity index (χ4v) is 3.58. The minimum atomic E-state index is -0.918. The third-order valence-corrected chi connectivity index (χ3v) is 5.36. The number of aliphatic carboxylic acids is 1. The molecular weight excluding hydrogens is 356 g/mol. The molecule has 8 heteroatoms. The Bertz CT molecular complexity index is 871. The maximum Gasteiger partial charge on any atom is 0.305 e. The SMILES string of the molecule is O=C(O)CC1(NC(=O)c2nc(C3CC3)n(-c3ccccc3Cl)n2)CCC1. The molecule has 2 fully saturated rings. The summed E-state index contributed by atoms with van der Waals surface area (Å²) in [6.45, 7) is 0. The van der Waals surface area contributed by atoms with Crippen LogP contribution in [0, 0.1) is 0 Å². The molecule has 1 amide bonds. The second kappa shape index (κ2) is 6.39. The molecule has 26 heavy (non-hydrogen) atoms. The van der Waals surface area contributed by atoms with Crippen molar-refractivity contribution in [3.63, 3.8) is 0 Å². The summed E-state index contributed by atoms with van der Waals surface area (Å²) in [4.78, 5) is 28.2. The predicted octanol–water partition coefficient (Wildman–Crippen LogP) is 2.93. The summed E-state index contributed by atoms with van der Waals surface area (Å²) < 4.78 is 1.64. The lowest BCUT2D eigenvalue weighted by Gasteiger charge is -2.41. The second-order valence-corrected chi connectivity index (χ2v) is 7.50. The maximum absolute atomic E-state index is 12.7. The van der Waals surface area contributed by atoms with Crippen molar-refractivity contribution in [1.82, 2.24) is 20.1 Å². The van der Waals surface area contributed by atoms with Crippen molar-refractivity contribution in [1.29, 1.82) is 0 Å². The van der Waals surface area contributed by atoms with Gasteiger partial charge in [-0.2, -0.15) is 0 Å². The number of carbonyl (C=O) groups is 2. The van der Waals surface area contributed by atoms with Crippen molar-refractivity contribution in [3.05, 3.63) is 40.9 Å². The number of nitrogens with zero attached hydrogens (tertiary/aromatic N) is 3. The summed E-state index contributed by atoms with van der Waals surface area (Å²) in [5.74, 6) is -0.290. The van der Waals surface area contributed by atoms with Crippen LogP contribution in [0.3, 0.4) is 0 Å². The number of hydrogen-bond donors (Lipinski definition) is 2. The number of para-hydroxylation sites is 1. The van der Waals surface area contributed by atoms with Gasteiger partial charge in [-0.15, -0.1) is 5.10 Å². The van der Waals surface area contributed by atoms with E-state index in [1.54, 1.807) is 10.7 Å². The lowest BCUT2D eigenvalue weighted by Crippen LogP contribution is -2.54. The predicted molar refractivity (Wildman–Crippen MR) is 94.6 cm³/mol. The molecule has 1 aromatic carbocycles. The Morgan fingerprint density at radius 1 is 1.31 bits per heavy atom. The van der Waals surface area contributed by atoms with E-state index < -0.39 is 17.4 Å². The van der Waals surface area contributed by atoms with Crippen molar-refractivity contribution in [2.75, 3.05) is 0 Å². The molecule has 136 valence electrons. The van der Waals surface area contributed by atoms with Crippen LogP contribution in [-0.4, -0.2) is 37.3 Å². The van der Waals surface area contributed by atoms with Gasteiger partial charge >= 0.3 is 5.97 Å². The summed E-state index contributed by atoms with van der Waals surface area (Å²) in [5, 5.41) is 16.9. The van der Waals surface area contributed by atoms with Crippen LogP contribution < -0.4 is 5.32 Å². The molecule has 2 aliphatic rings. The molecule has 0 bridgehead atoms. The second-order valence-electron chi connectivity index (χ2n) is 7.09. The first-order valence-electron chi connectivity index (χ1n) is 8.74. The summed E-state index contributed by atoms with van der Waals surface area (Å²) in [5.41, 5.74) is 0.00455. The lowest BCUT2D eigenvalue weighted by molar-refractivity contribution is -0.139. The van der Waals surface area contributed by atoms with E-state index in [2.05, 4.69) is 15.4 Å². The summed E-state index contributed by atoms with van der Waals surface area (Å²) in [6, 6.07) is 7.29. The Morgan fingerprint density at radius 3 is 2.62 bits per heavy atom. The van der Waals surface area contributed by atoms with E-state index in [0.29, 0.717) is 23.6 Å². The Kier molecular flexibility index (Phi) is 4.19. The number of amides is 1. The van der Waals surface area contributed by atoms with E-state index in [0.717, 1.165) is 25.1 Å². The third kappa shape index (κ3) is 3.19. The van der Waals surface area contributed by atoms with E-state index in [-0.39, 0.29) is 18.2 Å². The first-order valence-corrected chi connectivity index (χ1v) is 9.11. The molecule has 2 aromatic rings. The van der Waals surface area contributed by atoms with Gasteiger partial charge in [0.05, 0.1) is 22.7 Å². The zero-order chi connectivity index (χ0) is 18.3. The van der Waals surface area contributed by atoms with Gasteiger partial charge in [-0.3, -0.25) is 9.59 Å². The number of carboxylic acids is 1. The van der Waals surface area contributed by atoms with Crippen LogP contribution in [0.4, 0.5) is 0 Å². The number of halogens is 1. The van der Waals surface area contributed by atoms with Gasteiger partial charge in [0.2, 0.25) is 5.82 Å². The van der Waals surface area contributed by atoms with Gasteiger partial charge in [0, 0.05) is 5.92 Å². The Balaban J connectivity index is 1.63. The molecule has 0 spiro atoms. The first kappa shape index (κ1) is 17.0. The summed E-state index contributed by atoms with van der Waals surface area (Å²) in [6.07, 6.45) is 4.15. The van der Waals surface area contributed by atoms with Crippen LogP contribution in [0.15, 0.2) is 24.3 Å². The summed E-state index contributed by atoms with van der Waals surface area (Å²) in [7, 11) is 0. The van der Waals surface area contributed by atoms with E-state index in [1.165, 1.54) is 0 Å². The molecule has 0 aliphatic heterocycles. The van der Waals surface area contributed by atoms with Gasteiger partial charge in [-0.05, 0) is 44.2 Å². The van der Waals surface area contributed by atoms with Crippen molar-refractivity contribution in [2.24, 2.45) is 0 Å². The van der Waals surface area contributed by atoms with Gasteiger partial charge in [-0.25, -0.2) is 9.67 Å². The topological polar surface area (TPSA) is 97.1 Å². The molecule has 0 radical (unpaired) electrons.